The Bertz CT molecular complexity index is 762. The number of aryl methyl sites for hydroxylation is 2. The number of amides is 1. The van der Waals surface area contributed by atoms with Gasteiger partial charge < -0.3 is 4.90 Å². The summed E-state index contributed by atoms with van der Waals surface area (Å²) in [6, 6.07) is 4.64. The molecule has 3 rings (SSSR count). The third kappa shape index (κ3) is 3.16. The molecular formula is C13H14N6O3S. The summed E-state index contributed by atoms with van der Waals surface area (Å²) >= 11 is 1.27. The van der Waals surface area contributed by atoms with Gasteiger partial charge in [-0.1, -0.05) is 11.8 Å². The Kier molecular flexibility index (Phi) is 4.24. The van der Waals surface area contributed by atoms with Crippen molar-refractivity contribution < 1.29 is 9.72 Å². The fraction of sp³-hybridized carbons (Fsp3) is 0.385. The quantitative estimate of drug-likeness (QED) is 0.469. The van der Waals surface area contributed by atoms with Crippen molar-refractivity contribution in [2.45, 2.75) is 18.0 Å². The first kappa shape index (κ1) is 15.4. The van der Waals surface area contributed by atoms with Crippen molar-refractivity contribution in [3.8, 4) is 0 Å². The molecule has 1 aliphatic rings. The average Bonchev–Trinajstić information content (AvgIpc) is 2.96. The van der Waals surface area contributed by atoms with E-state index < -0.39 is 4.92 Å². The number of hydrogen-bond acceptors (Lipinski definition) is 7. The van der Waals surface area contributed by atoms with Gasteiger partial charge in [-0.15, -0.1) is 5.10 Å². The summed E-state index contributed by atoms with van der Waals surface area (Å²) in [7, 11) is 1.71. The van der Waals surface area contributed by atoms with Gasteiger partial charge in [0.05, 0.1) is 10.7 Å². The Morgan fingerprint density at radius 3 is 3.00 bits per heavy atom. The molecule has 0 unspecified atom stereocenters. The fourth-order valence-electron chi connectivity index (χ4n) is 2.50. The van der Waals surface area contributed by atoms with E-state index in [9.17, 15) is 14.9 Å². The summed E-state index contributed by atoms with van der Waals surface area (Å²) in [6.07, 6.45) is 1.53. The number of rotatable bonds is 4. The molecular weight excluding hydrogens is 320 g/mol. The standard InChI is InChI=1S/C13H14N6O3S/c1-17-13(14-15-16-17)23-8-12(20)18-6-2-3-9-7-10(19(21)22)4-5-11(9)18/h4-5,7H,2-3,6,8H2,1H3. The van der Waals surface area contributed by atoms with E-state index in [-0.39, 0.29) is 17.3 Å². The molecule has 0 N–H and O–H groups in total. The fourth-order valence-corrected chi connectivity index (χ4v) is 3.23. The third-order valence-corrected chi connectivity index (χ3v) is 4.59. The first-order valence-electron chi connectivity index (χ1n) is 6.99. The van der Waals surface area contributed by atoms with Crippen LogP contribution in [0.3, 0.4) is 0 Å². The smallest absolute Gasteiger partial charge is 0.269 e. The Hall–Kier alpha value is -2.49. The van der Waals surface area contributed by atoms with E-state index in [1.807, 2.05) is 0 Å². The lowest BCUT2D eigenvalue weighted by atomic mass is 10.0. The highest BCUT2D eigenvalue weighted by Crippen LogP contribution is 2.31. The van der Waals surface area contributed by atoms with Gasteiger partial charge in [0, 0.05) is 31.4 Å². The number of benzene rings is 1. The van der Waals surface area contributed by atoms with Gasteiger partial charge in [0.2, 0.25) is 11.1 Å². The van der Waals surface area contributed by atoms with Crippen molar-refractivity contribution >= 4 is 29.0 Å². The van der Waals surface area contributed by atoms with Crippen molar-refractivity contribution in [3.05, 3.63) is 33.9 Å². The van der Waals surface area contributed by atoms with Gasteiger partial charge in [0.1, 0.15) is 0 Å². The topological polar surface area (TPSA) is 107 Å². The Morgan fingerprint density at radius 2 is 2.30 bits per heavy atom. The van der Waals surface area contributed by atoms with Crippen LogP contribution in [0.2, 0.25) is 0 Å². The largest absolute Gasteiger partial charge is 0.311 e. The van der Waals surface area contributed by atoms with Crippen LogP contribution in [0.1, 0.15) is 12.0 Å². The van der Waals surface area contributed by atoms with E-state index in [1.165, 1.54) is 22.5 Å². The number of nitro benzene ring substituents is 1. The first-order valence-corrected chi connectivity index (χ1v) is 7.97. The van der Waals surface area contributed by atoms with Crippen molar-refractivity contribution in [3.63, 3.8) is 0 Å². The van der Waals surface area contributed by atoms with E-state index >= 15 is 0 Å². The number of hydrogen-bond donors (Lipinski definition) is 0. The summed E-state index contributed by atoms with van der Waals surface area (Å²) < 4.78 is 1.51. The maximum Gasteiger partial charge on any atom is 0.269 e. The molecule has 10 heteroatoms. The van der Waals surface area contributed by atoms with Crippen LogP contribution in [0, 0.1) is 10.1 Å². The lowest BCUT2D eigenvalue weighted by molar-refractivity contribution is -0.384. The predicted octanol–water partition coefficient (Wildman–Crippen LogP) is 1.19. The number of tetrazole rings is 1. The van der Waals surface area contributed by atoms with E-state index in [0.29, 0.717) is 11.7 Å². The molecule has 0 saturated heterocycles. The minimum Gasteiger partial charge on any atom is -0.311 e. The number of fused-ring (bicyclic) bond motifs is 1. The second-order valence-electron chi connectivity index (χ2n) is 5.09. The van der Waals surface area contributed by atoms with Gasteiger partial charge in [-0.2, -0.15) is 0 Å². The predicted molar refractivity (Wildman–Crippen MR) is 83.3 cm³/mol. The summed E-state index contributed by atoms with van der Waals surface area (Å²) in [5.41, 5.74) is 1.64. The van der Waals surface area contributed by atoms with Crippen LogP contribution < -0.4 is 4.90 Å². The van der Waals surface area contributed by atoms with Gasteiger partial charge in [0.15, 0.2) is 0 Å². The van der Waals surface area contributed by atoms with Crippen LogP contribution in [0.25, 0.3) is 0 Å². The highest BCUT2D eigenvalue weighted by Gasteiger charge is 2.24. The molecule has 0 atom stereocenters. The molecule has 1 aliphatic heterocycles. The number of carbonyl (C=O) groups is 1. The van der Waals surface area contributed by atoms with E-state index in [1.54, 1.807) is 24.1 Å². The Labute approximate surface area is 135 Å². The number of thioether (sulfide) groups is 1. The van der Waals surface area contributed by atoms with Crippen LogP contribution in [-0.4, -0.2) is 43.3 Å². The molecule has 0 spiro atoms. The first-order chi connectivity index (χ1) is 11.1. The summed E-state index contributed by atoms with van der Waals surface area (Å²) in [4.78, 5) is 24.6. The molecule has 1 aromatic heterocycles. The second kappa shape index (κ2) is 6.32. The van der Waals surface area contributed by atoms with Gasteiger partial charge in [-0.05, 0) is 34.9 Å². The number of carbonyl (C=O) groups excluding carboxylic acids is 1. The average molecular weight is 334 g/mol. The van der Waals surface area contributed by atoms with Gasteiger partial charge in [-0.25, -0.2) is 4.68 Å². The molecule has 2 heterocycles. The van der Waals surface area contributed by atoms with Crippen LogP contribution in [0.15, 0.2) is 23.4 Å². The van der Waals surface area contributed by atoms with Crippen molar-refractivity contribution in [2.24, 2.45) is 7.05 Å². The number of anilines is 1. The van der Waals surface area contributed by atoms with Crippen LogP contribution in [0.5, 0.6) is 0 Å². The van der Waals surface area contributed by atoms with Crippen LogP contribution in [-0.2, 0) is 18.3 Å². The van der Waals surface area contributed by atoms with Crippen molar-refractivity contribution in [2.75, 3.05) is 17.2 Å². The molecule has 23 heavy (non-hydrogen) atoms. The highest BCUT2D eigenvalue weighted by atomic mass is 32.2. The SMILES string of the molecule is Cn1nnnc1SCC(=O)N1CCCc2cc([N+](=O)[O-])ccc21. The van der Waals surface area contributed by atoms with Crippen molar-refractivity contribution in [1.29, 1.82) is 0 Å². The van der Waals surface area contributed by atoms with Crippen LogP contribution >= 0.6 is 11.8 Å². The lowest BCUT2D eigenvalue weighted by Crippen LogP contribution is -2.36. The maximum absolute atomic E-state index is 12.5. The van der Waals surface area contributed by atoms with Crippen molar-refractivity contribution in [1.82, 2.24) is 20.2 Å². The van der Waals surface area contributed by atoms with E-state index in [2.05, 4.69) is 15.5 Å². The second-order valence-corrected chi connectivity index (χ2v) is 6.04. The molecule has 0 fully saturated rings. The molecule has 120 valence electrons. The Morgan fingerprint density at radius 1 is 1.48 bits per heavy atom. The monoisotopic (exact) mass is 334 g/mol. The summed E-state index contributed by atoms with van der Waals surface area (Å²) in [5.74, 6) is 0.151. The molecule has 0 radical (unpaired) electrons. The minimum atomic E-state index is -0.419. The van der Waals surface area contributed by atoms with Gasteiger partial charge >= 0.3 is 0 Å². The number of nitrogens with zero attached hydrogens (tertiary/aromatic N) is 6. The summed E-state index contributed by atoms with van der Waals surface area (Å²) in [5, 5.41) is 22.5. The normalized spacial score (nSPS) is 13.7. The third-order valence-electron chi connectivity index (χ3n) is 3.60. The zero-order valence-corrected chi connectivity index (χ0v) is 13.2. The molecule has 9 nitrogen and oxygen atoms in total. The minimum absolute atomic E-state index is 0.0533. The lowest BCUT2D eigenvalue weighted by Gasteiger charge is -2.29. The zero-order valence-electron chi connectivity index (χ0n) is 12.4. The van der Waals surface area contributed by atoms with E-state index in [0.717, 1.165) is 24.1 Å². The van der Waals surface area contributed by atoms with Gasteiger partial charge in [-0.3, -0.25) is 14.9 Å². The number of nitro groups is 1. The molecule has 0 saturated carbocycles. The summed E-state index contributed by atoms with van der Waals surface area (Å²) in [6.45, 7) is 0.612. The molecule has 0 aliphatic carbocycles. The zero-order chi connectivity index (χ0) is 16.4. The maximum atomic E-state index is 12.5. The number of aromatic nitrogens is 4. The highest BCUT2D eigenvalue weighted by molar-refractivity contribution is 7.99. The Balaban J connectivity index is 1.75. The molecule has 0 bridgehead atoms. The van der Waals surface area contributed by atoms with Gasteiger partial charge in [0.25, 0.3) is 5.69 Å². The molecule has 2 aromatic rings. The van der Waals surface area contributed by atoms with Crippen LogP contribution in [0.4, 0.5) is 11.4 Å². The van der Waals surface area contributed by atoms with E-state index in [4.69, 9.17) is 0 Å². The number of non-ortho nitro benzene ring substituents is 1. The molecule has 1 aromatic carbocycles. The molecule has 1 amide bonds.